The molecule has 1 aliphatic rings. The van der Waals surface area contributed by atoms with Crippen molar-refractivity contribution in [3.8, 4) is 5.75 Å². The fourth-order valence-corrected chi connectivity index (χ4v) is 2.94. The molecule has 1 unspecified atom stereocenters. The fourth-order valence-electron chi connectivity index (χ4n) is 2.94. The van der Waals surface area contributed by atoms with E-state index >= 15 is 0 Å². The predicted octanol–water partition coefficient (Wildman–Crippen LogP) is 3.27. The highest BCUT2D eigenvalue weighted by Crippen LogP contribution is 2.29. The summed E-state index contributed by atoms with van der Waals surface area (Å²) in [6.07, 6.45) is -0.00103. The van der Waals surface area contributed by atoms with Crippen LogP contribution in [0.4, 0.5) is 20.2 Å². The summed E-state index contributed by atoms with van der Waals surface area (Å²) < 4.78 is 31.7. The van der Waals surface area contributed by atoms with Crippen molar-refractivity contribution in [3.05, 3.63) is 53.6 Å². The second kappa shape index (κ2) is 7.11. The fraction of sp³-hybridized carbons (Fsp3) is 0.263. The number of hydrogen-bond donors (Lipinski definition) is 1. The summed E-state index contributed by atoms with van der Waals surface area (Å²) >= 11 is 0. The van der Waals surface area contributed by atoms with E-state index in [1.54, 1.807) is 12.1 Å². The Kier molecular flexibility index (Phi) is 4.88. The van der Waals surface area contributed by atoms with Crippen molar-refractivity contribution in [1.82, 2.24) is 0 Å². The van der Waals surface area contributed by atoms with Crippen LogP contribution >= 0.6 is 0 Å². The van der Waals surface area contributed by atoms with Gasteiger partial charge in [0.25, 0.3) is 0 Å². The molecule has 1 saturated heterocycles. The van der Waals surface area contributed by atoms with Crippen molar-refractivity contribution >= 4 is 23.2 Å². The zero-order valence-corrected chi connectivity index (χ0v) is 14.4. The van der Waals surface area contributed by atoms with Crippen LogP contribution in [-0.4, -0.2) is 25.5 Å². The third kappa shape index (κ3) is 3.51. The van der Waals surface area contributed by atoms with Gasteiger partial charge in [0.15, 0.2) is 11.6 Å². The minimum absolute atomic E-state index is 0.00103. The third-order valence-electron chi connectivity index (χ3n) is 4.32. The smallest absolute Gasteiger partial charge is 0.229 e. The number of halogens is 2. The Balaban J connectivity index is 1.75. The summed E-state index contributed by atoms with van der Waals surface area (Å²) in [7, 11) is 1.50. The van der Waals surface area contributed by atoms with E-state index in [0.29, 0.717) is 11.4 Å². The molecule has 5 nitrogen and oxygen atoms in total. The molecule has 1 atom stereocenters. The van der Waals surface area contributed by atoms with Gasteiger partial charge < -0.3 is 15.0 Å². The first-order valence-corrected chi connectivity index (χ1v) is 8.10. The van der Waals surface area contributed by atoms with Gasteiger partial charge in [-0.2, -0.15) is 0 Å². The van der Waals surface area contributed by atoms with Crippen molar-refractivity contribution in [2.75, 3.05) is 23.9 Å². The molecule has 26 heavy (non-hydrogen) atoms. The maximum Gasteiger partial charge on any atom is 0.229 e. The number of benzene rings is 2. The molecular weight excluding hydrogens is 342 g/mol. The normalized spacial score (nSPS) is 16.7. The largest absolute Gasteiger partial charge is 0.495 e. The molecule has 0 aliphatic carbocycles. The van der Waals surface area contributed by atoms with Gasteiger partial charge in [-0.15, -0.1) is 0 Å². The second-order valence-corrected chi connectivity index (χ2v) is 6.20. The zero-order chi connectivity index (χ0) is 18.8. The maximum atomic E-state index is 13.4. The topological polar surface area (TPSA) is 58.6 Å². The van der Waals surface area contributed by atoms with E-state index in [-0.39, 0.29) is 30.5 Å². The van der Waals surface area contributed by atoms with Crippen molar-refractivity contribution in [2.24, 2.45) is 5.92 Å². The number of ether oxygens (including phenoxy) is 1. The molecular formula is C19H18F2N2O3. The Morgan fingerprint density at radius 3 is 2.65 bits per heavy atom. The average molecular weight is 360 g/mol. The molecule has 0 bridgehead atoms. The Labute approximate surface area is 149 Å². The van der Waals surface area contributed by atoms with Crippen LogP contribution in [0, 0.1) is 24.5 Å². The molecule has 2 aromatic carbocycles. The molecule has 3 rings (SSSR count). The highest BCUT2D eigenvalue weighted by atomic mass is 19.2. The number of rotatable bonds is 4. The number of aryl methyl sites for hydroxylation is 1. The van der Waals surface area contributed by atoms with E-state index in [2.05, 4.69) is 5.32 Å². The first-order chi connectivity index (χ1) is 12.4. The minimum atomic E-state index is -1.03. The zero-order valence-electron chi connectivity index (χ0n) is 14.4. The van der Waals surface area contributed by atoms with Gasteiger partial charge in [-0.1, -0.05) is 6.07 Å². The first-order valence-electron chi connectivity index (χ1n) is 8.10. The van der Waals surface area contributed by atoms with E-state index in [9.17, 15) is 18.4 Å². The van der Waals surface area contributed by atoms with Crippen molar-refractivity contribution in [1.29, 1.82) is 0 Å². The van der Waals surface area contributed by atoms with Gasteiger partial charge in [0.05, 0.1) is 18.7 Å². The number of carbonyl (C=O) groups is 2. The number of carbonyl (C=O) groups excluding carboxylic acids is 2. The molecule has 1 N–H and O–H groups in total. The quantitative estimate of drug-likeness (QED) is 0.910. The number of nitrogens with zero attached hydrogens (tertiary/aromatic N) is 1. The Hall–Kier alpha value is -2.96. The van der Waals surface area contributed by atoms with Gasteiger partial charge in [-0.3, -0.25) is 9.59 Å². The summed E-state index contributed by atoms with van der Waals surface area (Å²) in [5.41, 5.74) is 1.71. The Bertz CT molecular complexity index is 870. The van der Waals surface area contributed by atoms with Crippen LogP contribution in [0.15, 0.2) is 36.4 Å². The molecule has 1 fully saturated rings. The number of anilines is 2. The lowest BCUT2D eigenvalue weighted by Crippen LogP contribution is -2.28. The highest BCUT2D eigenvalue weighted by molar-refractivity contribution is 6.03. The summed E-state index contributed by atoms with van der Waals surface area (Å²) in [6.45, 7) is 1.99. The van der Waals surface area contributed by atoms with Crippen molar-refractivity contribution in [3.63, 3.8) is 0 Å². The van der Waals surface area contributed by atoms with Gasteiger partial charge >= 0.3 is 0 Å². The molecule has 0 saturated carbocycles. The minimum Gasteiger partial charge on any atom is -0.495 e. The van der Waals surface area contributed by atoms with Crippen LogP contribution in [-0.2, 0) is 9.59 Å². The number of amides is 2. The summed E-state index contributed by atoms with van der Waals surface area (Å²) in [6, 6.07) is 8.62. The maximum absolute atomic E-state index is 13.4. The van der Waals surface area contributed by atoms with Gasteiger partial charge in [-0.05, 0) is 36.8 Å². The van der Waals surface area contributed by atoms with E-state index in [1.807, 2.05) is 13.0 Å². The first kappa shape index (κ1) is 17.8. The lowest BCUT2D eigenvalue weighted by molar-refractivity contribution is -0.122. The number of methoxy groups -OCH3 is 1. The lowest BCUT2D eigenvalue weighted by Gasteiger charge is -2.17. The van der Waals surface area contributed by atoms with E-state index in [0.717, 1.165) is 17.7 Å². The third-order valence-corrected chi connectivity index (χ3v) is 4.32. The van der Waals surface area contributed by atoms with Crippen molar-refractivity contribution < 1.29 is 23.1 Å². The van der Waals surface area contributed by atoms with Gasteiger partial charge in [0, 0.05) is 24.7 Å². The van der Waals surface area contributed by atoms with Crippen LogP contribution in [0.1, 0.15) is 12.0 Å². The van der Waals surface area contributed by atoms with Crippen molar-refractivity contribution in [2.45, 2.75) is 13.3 Å². The molecule has 1 aliphatic heterocycles. The van der Waals surface area contributed by atoms with Gasteiger partial charge in [0.2, 0.25) is 11.8 Å². The van der Waals surface area contributed by atoms with E-state index in [1.165, 1.54) is 18.1 Å². The standard InChI is InChI=1S/C19H18F2N2O3/c1-11-3-6-17(26-2)16(7-11)22-19(25)12-8-18(24)23(10-12)13-4-5-14(20)15(21)9-13/h3-7,9,12H,8,10H2,1-2H3,(H,22,25). The van der Waals surface area contributed by atoms with Crippen LogP contribution in [0.2, 0.25) is 0 Å². The van der Waals surface area contributed by atoms with E-state index < -0.39 is 17.6 Å². The molecule has 0 spiro atoms. The Morgan fingerprint density at radius 1 is 1.19 bits per heavy atom. The van der Waals surface area contributed by atoms with Crippen LogP contribution in [0.3, 0.4) is 0 Å². The predicted molar refractivity (Wildman–Crippen MR) is 93.2 cm³/mol. The SMILES string of the molecule is COc1ccc(C)cc1NC(=O)C1CC(=O)N(c2ccc(F)c(F)c2)C1. The monoisotopic (exact) mass is 360 g/mol. The van der Waals surface area contributed by atoms with Crippen LogP contribution in [0.5, 0.6) is 5.75 Å². The molecule has 0 aromatic heterocycles. The average Bonchev–Trinajstić information content (AvgIpc) is 2.99. The molecule has 1 heterocycles. The van der Waals surface area contributed by atoms with Gasteiger partial charge in [-0.25, -0.2) is 8.78 Å². The van der Waals surface area contributed by atoms with Gasteiger partial charge in [0.1, 0.15) is 5.75 Å². The molecule has 0 radical (unpaired) electrons. The molecule has 136 valence electrons. The van der Waals surface area contributed by atoms with E-state index in [4.69, 9.17) is 4.74 Å². The number of nitrogens with one attached hydrogen (secondary N) is 1. The van der Waals surface area contributed by atoms with Crippen LogP contribution in [0.25, 0.3) is 0 Å². The highest BCUT2D eigenvalue weighted by Gasteiger charge is 2.35. The summed E-state index contributed by atoms with van der Waals surface area (Å²) in [5, 5.41) is 2.78. The summed E-state index contributed by atoms with van der Waals surface area (Å²) in [4.78, 5) is 26.1. The molecule has 2 amide bonds. The Morgan fingerprint density at radius 2 is 1.96 bits per heavy atom. The molecule has 7 heteroatoms. The molecule has 2 aromatic rings. The lowest BCUT2D eigenvalue weighted by atomic mass is 10.1. The number of hydrogen-bond acceptors (Lipinski definition) is 3. The summed E-state index contributed by atoms with van der Waals surface area (Å²) in [5.74, 6) is -2.74. The second-order valence-electron chi connectivity index (χ2n) is 6.20. The van der Waals surface area contributed by atoms with Crippen LogP contribution < -0.4 is 15.0 Å².